The quantitative estimate of drug-likeness (QED) is 0.227. The molecule has 2 aromatic rings. The molecule has 39 heavy (non-hydrogen) atoms. The molecule has 0 aliphatic carbocycles. The zero-order valence-electron chi connectivity index (χ0n) is 21.2. The predicted octanol–water partition coefficient (Wildman–Crippen LogP) is 4.98. The molecule has 0 saturated carbocycles. The van der Waals surface area contributed by atoms with Crippen molar-refractivity contribution >= 4 is 12.1 Å². The zero-order valence-corrected chi connectivity index (χ0v) is 21.2. The topological polar surface area (TPSA) is 94.5 Å². The van der Waals surface area contributed by atoms with E-state index in [-0.39, 0.29) is 51.3 Å². The van der Waals surface area contributed by atoms with E-state index in [9.17, 15) is 36.6 Å². The molecule has 0 fully saturated rings. The van der Waals surface area contributed by atoms with Crippen molar-refractivity contribution < 1.29 is 55.6 Å². The molecule has 0 heterocycles. The van der Waals surface area contributed by atoms with Gasteiger partial charge in [0.15, 0.2) is 6.10 Å². The fourth-order valence-corrected chi connectivity index (χ4v) is 3.34. The molecular weight excluding hydrogens is 533 g/mol. The Hall–Kier alpha value is -3.45. The van der Waals surface area contributed by atoms with E-state index in [1.54, 1.807) is 31.2 Å². The van der Waals surface area contributed by atoms with Gasteiger partial charge in [0.2, 0.25) is 0 Å². The summed E-state index contributed by atoms with van der Waals surface area (Å²) in [5, 5.41) is 9.20. The summed E-state index contributed by atoms with van der Waals surface area (Å²) in [6.07, 6.45) is -6.10. The molecule has 0 radical (unpaired) electrons. The monoisotopic (exact) mass is 563 g/mol. The second-order valence-corrected chi connectivity index (χ2v) is 8.28. The van der Waals surface area contributed by atoms with Crippen LogP contribution in [0.2, 0.25) is 0 Å². The lowest BCUT2D eigenvalue weighted by molar-refractivity contribution is -0.174. The zero-order chi connectivity index (χ0) is 28.8. The summed E-state index contributed by atoms with van der Waals surface area (Å²) >= 11 is 0. The van der Waals surface area contributed by atoms with E-state index in [2.05, 4.69) is 4.74 Å². The van der Waals surface area contributed by atoms with Gasteiger partial charge in [-0.15, -0.1) is 0 Å². The summed E-state index contributed by atoms with van der Waals surface area (Å²) in [5.74, 6) is -2.32. The fourth-order valence-electron chi connectivity index (χ4n) is 3.34. The molecule has 0 aliphatic rings. The molecule has 0 bridgehead atoms. The number of nitrogens with zero attached hydrogens (tertiary/aromatic N) is 1. The molecule has 0 aliphatic heterocycles. The Kier molecular flexibility index (Phi) is 12.9. The largest absolute Gasteiger partial charge is 0.492 e. The van der Waals surface area contributed by atoms with Crippen LogP contribution in [0.4, 0.5) is 26.7 Å². The smallest absolute Gasteiger partial charge is 0.411 e. The summed E-state index contributed by atoms with van der Waals surface area (Å²) in [7, 11) is 0. The van der Waals surface area contributed by atoms with E-state index in [1.165, 1.54) is 4.90 Å². The van der Waals surface area contributed by atoms with Crippen molar-refractivity contribution in [2.75, 3.05) is 39.5 Å². The van der Waals surface area contributed by atoms with Crippen LogP contribution in [0, 0.1) is 11.6 Å². The minimum atomic E-state index is -4.47. The minimum absolute atomic E-state index is 0.0144. The standard InChI is InChI=1S/C26H30F5NO7/c1-2-37-23(24(33)34)14-18-4-8-21(9-5-18)38-13-11-32(10-3-12-36-17-26(29,30)31)25(35)39-16-19-6-7-20(27)15-22(19)28/h4-9,15,23H,2-3,10-14,16-17H2,1H3,(H,33,34). The minimum Gasteiger partial charge on any atom is -0.492 e. The second kappa shape index (κ2) is 15.8. The molecule has 216 valence electrons. The highest BCUT2D eigenvalue weighted by atomic mass is 19.4. The summed E-state index contributed by atoms with van der Waals surface area (Å²) in [4.78, 5) is 25.0. The first-order valence-corrected chi connectivity index (χ1v) is 12.0. The van der Waals surface area contributed by atoms with Gasteiger partial charge in [-0.2, -0.15) is 13.2 Å². The van der Waals surface area contributed by atoms with Crippen molar-refractivity contribution in [3.05, 3.63) is 65.2 Å². The number of amides is 1. The van der Waals surface area contributed by atoms with Gasteiger partial charge in [-0.25, -0.2) is 18.4 Å². The van der Waals surface area contributed by atoms with Crippen molar-refractivity contribution in [1.82, 2.24) is 4.90 Å². The fraction of sp³-hybridized carbons (Fsp3) is 0.462. The highest BCUT2D eigenvalue weighted by molar-refractivity contribution is 5.72. The number of carbonyl (C=O) groups is 2. The molecule has 0 spiro atoms. The summed E-state index contributed by atoms with van der Waals surface area (Å²) in [6, 6.07) is 9.37. The number of benzene rings is 2. The predicted molar refractivity (Wildman–Crippen MR) is 128 cm³/mol. The van der Waals surface area contributed by atoms with Crippen LogP contribution in [-0.2, 0) is 32.0 Å². The van der Waals surface area contributed by atoms with E-state index in [0.29, 0.717) is 17.4 Å². The number of halogens is 5. The average molecular weight is 564 g/mol. The average Bonchev–Trinajstić information content (AvgIpc) is 2.86. The van der Waals surface area contributed by atoms with Gasteiger partial charge in [-0.1, -0.05) is 12.1 Å². The third-order valence-corrected chi connectivity index (χ3v) is 5.22. The number of carboxylic acids is 1. The van der Waals surface area contributed by atoms with Crippen LogP contribution in [0.1, 0.15) is 24.5 Å². The van der Waals surface area contributed by atoms with Gasteiger partial charge in [0, 0.05) is 37.8 Å². The SMILES string of the molecule is CCOC(Cc1ccc(OCCN(CCCOCC(F)(F)F)C(=O)OCc2ccc(F)cc2F)cc1)C(=O)O. The van der Waals surface area contributed by atoms with E-state index in [1.807, 2.05) is 0 Å². The Balaban J connectivity index is 1.91. The maximum atomic E-state index is 13.8. The first-order valence-electron chi connectivity index (χ1n) is 12.0. The summed E-state index contributed by atoms with van der Waals surface area (Å²) in [5.41, 5.74) is 0.657. The van der Waals surface area contributed by atoms with Gasteiger partial charge < -0.3 is 29.0 Å². The molecular formula is C26H30F5NO7. The first kappa shape index (κ1) is 31.8. The third-order valence-electron chi connectivity index (χ3n) is 5.22. The second-order valence-electron chi connectivity index (χ2n) is 8.28. The lowest BCUT2D eigenvalue weighted by atomic mass is 10.1. The van der Waals surface area contributed by atoms with E-state index in [4.69, 9.17) is 14.2 Å². The Labute approximate surface area is 222 Å². The number of ether oxygens (including phenoxy) is 4. The number of hydrogen-bond donors (Lipinski definition) is 1. The van der Waals surface area contributed by atoms with Crippen LogP contribution >= 0.6 is 0 Å². The van der Waals surface area contributed by atoms with E-state index < -0.39 is 49.2 Å². The number of rotatable bonds is 16. The Morgan fingerprint density at radius 1 is 1.03 bits per heavy atom. The lowest BCUT2D eigenvalue weighted by Gasteiger charge is -2.22. The molecule has 1 atom stereocenters. The Morgan fingerprint density at radius 2 is 1.74 bits per heavy atom. The molecule has 1 N–H and O–H groups in total. The van der Waals surface area contributed by atoms with E-state index in [0.717, 1.165) is 12.1 Å². The molecule has 1 amide bonds. The molecule has 2 aromatic carbocycles. The molecule has 0 aromatic heterocycles. The van der Waals surface area contributed by atoms with Crippen LogP contribution in [0.3, 0.4) is 0 Å². The lowest BCUT2D eigenvalue weighted by Crippen LogP contribution is -2.36. The summed E-state index contributed by atoms with van der Waals surface area (Å²) < 4.78 is 84.2. The number of carbonyl (C=O) groups excluding carboxylic acids is 1. The van der Waals surface area contributed by atoms with Gasteiger partial charge in [0.25, 0.3) is 0 Å². The van der Waals surface area contributed by atoms with Gasteiger partial charge >= 0.3 is 18.2 Å². The van der Waals surface area contributed by atoms with Crippen LogP contribution in [0.15, 0.2) is 42.5 Å². The van der Waals surface area contributed by atoms with Crippen molar-refractivity contribution in [3.63, 3.8) is 0 Å². The maximum Gasteiger partial charge on any atom is 0.411 e. The van der Waals surface area contributed by atoms with Crippen LogP contribution in [0.25, 0.3) is 0 Å². The van der Waals surface area contributed by atoms with Gasteiger partial charge in [0.05, 0.1) is 6.54 Å². The number of carboxylic acid groups (broad SMARTS) is 1. The number of hydrogen-bond acceptors (Lipinski definition) is 6. The Morgan fingerprint density at radius 3 is 2.36 bits per heavy atom. The van der Waals surface area contributed by atoms with Crippen LogP contribution in [-0.4, -0.2) is 73.9 Å². The van der Waals surface area contributed by atoms with Crippen molar-refractivity contribution in [3.8, 4) is 5.75 Å². The molecule has 1 unspecified atom stereocenters. The van der Waals surface area contributed by atoms with Crippen molar-refractivity contribution in [1.29, 1.82) is 0 Å². The number of aliphatic carboxylic acids is 1. The molecule has 13 heteroatoms. The molecule has 0 saturated heterocycles. The van der Waals surface area contributed by atoms with Crippen molar-refractivity contribution in [2.45, 2.75) is 38.7 Å². The van der Waals surface area contributed by atoms with Crippen LogP contribution < -0.4 is 4.74 Å². The molecule has 8 nitrogen and oxygen atoms in total. The van der Waals surface area contributed by atoms with Gasteiger partial charge in [-0.3, -0.25) is 0 Å². The maximum absolute atomic E-state index is 13.8. The third kappa shape index (κ3) is 12.3. The first-order chi connectivity index (χ1) is 18.5. The normalized spacial score (nSPS) is 12.2. The van der Waals surface area contributed by atoms with E-state index >= 15 is 0 Å². The highest BCUT2D eigenvalue weighted by Gasteiger charge is 2.27. The van der Waals surface area contributed by atoms with Crippen LogP contribution in [0.5, 0.6) is 5.75 Å². The van der Waals surface area contributed by atoms with Gasteiger partial charge in [0.1, 0.15) is 37.2 Å². The Bertz CT molecular complexity index is 1050. The summed E-state index contributed by atoms with van der Waals surface area (Å²) in [6.45, 7) is -0.272. The number of alkyl halides is 3. The van der Waals surface area contributed by atoms with Crippen molar-refractivity contribution in [2.24, 2.45) is 0 Å². The highest BCUT2D eigenvalue weighted by Crippen LogP contribution is 2.16. The van der Waals surface area contributed by atoms with Gasteiger partial charge in [-0.05, 0) is 43.2 Å². The molecule has 2 rings (SSSR count).